The molecule has 0 unspecified atom stereocenters. The van der Waals surface area contributed by atoms with Gasteiger partial charge >= 0.3 is 6.18 Å². The molecular formula is C20H26F4N4O2Si. The third-order valence-electron chi connectivity index (χ3n) is 5.17. The molecule has 0 aliphatic carbocycles. The van der Waals surface area contributed by atoms with Crippen molar-refractivity contribution in [1.82, 2.24) is 9.78 Å². The van der Waals surface area contributed by atoms with Crippen LogP contribution >= 0.6 is 0 Å². The molecule has 1 aromatic heterocycles. The number of rotatable bonds is 7. The van der Waals surface area contributed by atoms with Gasteiger partial charge in [0.15, 0.2) is 0 Å². The summed E-state index contributed by atoms with van der Waals surface area (Å²) < 4.78 is 61.6. The van der Waals surface area contributed by atoms with Crippen LogP contribution in [0.25, 0.3) is 0 Å². The molecule has 0 bridgehead atoms. The number of halogens is 4. The first-order valence-electron chi connectivity index (χ1n) is 9.91. The minimum atomic E-state index is -4.88. The van der Waals surface area contributed by atoms with Crippen LogP contribution in [0, 0.1) is 5.82 Å². The molecule has 0 spiro atoms. The van der Waals surface area contributed by atoms with Crippen LogP contribution < -0.4 is 16.2 Å². The predicted molar refractivity (Wildman–Crippen MR) is 112 cm³/mol. The summed E-state index contributed by atoms with van der Waals surface area (Å²) in [5.74, 6) is -0.497. The van der Waals surface area contributed by atoms with E-state index in [1.54, 1.807) is 6.07 Å². The Labute approximate surface area is 178 Å². The van der Waals surface area contributed by atoms with Gasteiger partial charge in [-0.2, -0.15) is 18.3 Å². The SMILES string of the molecule is C[Si](C)(C)CCOCn1ncc(N2Cc3cc(F)c(CN)cc3C2)c(C(F)(F)F)c1=O. The summed E-state index contributed by atoms with van der Waals surface area (Å²) in [4.78, 5) is 14.0. The second kappa shape index (κ2) is 8.71. The van der Waals surface area contributed by atoms with Gasteiger partial charge in [-0.25, -0.2) is 9.07 Å². The first-order valence-corrected chi connectivity index (χ1v) is 13.6. The normalized spacial score (nSPS) is 14.3. The Morgan fingerprint density at radius 2 is 1.84 bits per heavy atom. The number of nitrogens with zero attached hydrogens (tertiary/aromatic N) is 3. The fraction of sp³-hybridized carbons (Fsp3) is 0.500. The number of hydrogen-bond acceptors (Lipinski definition) is 5. The lowest BCUT2D eigenvalue weighted by Gasteiger charge is -2.22. The standard InChI is InChI=1S/C20H26F4N4O2Si/c1-31(2,3)5-4-30-12-28-19(29)18(20(22,23)24)17(9-26-28)27-10-14-6-13(8-25)16(21)7-15(14)11-27/h6-7,9H,4-5,8,10-12,25H2,1-3H3. The summed E-state index contributed by atoms with van der Waals surface area (Å²) in [5, 5.41) is 3.90. The van der Waals surface area contributed by atoms with Gasteiger partial charge in [0, 0.05) is 39.9 Å². The molecule has 3 rings (SSSR count). The van der Waals surface area contributed by atoms with Crippen LogP contribution in [0.1, 0.15) is 22.3 Å². The predicted octanol–water partition coefficient (Wildman–Crippen LogP) is 3.69. The van der Waals surface area contributed by atoms with Crippen LogP contribution in [-0.4, -0.2) is 24.5 Å². The van der Waals surface area contributed by atoms with E-state index in [9.17, 15) is 22.4 Å². The van der Waals surface area contributed by atoms with Gasteiger partial charge in [-0.1, -0.05) is 19.6 Å². The lowest BCUT2D eigenvalue weighted by atomic mass is 10.1. The van der Waals surface area contributed by atoms with Gasteiger partial charge in [0.25, 0.3) is 5.56 Å². The van der Waals surface area contributed by atoms with Crippen molar-refractivity contribution in [2.24, 2.45) is 5.73 Å². The van der Waals surface area contributed by atoms with E-state index in [0.29, 0.717) is 28.0 Å². The smallest absolute Gasteiger partial charge is 0.361 e. The molecule has 31 heavy (non-hydrogen) atoms. The van der Waals surface area contributed by atoms with E-state index < -0.39 is 31.2 Å². The van der Waals surface area contributed by atoms with Gasteiger partial charge in [0.1, 0.15) is 18.1 Å². The van der Waals surface area contributed by atoms with Crippen molar-refractivity contribution in [2.45, 2.75) is 58.2 Å². The van der Waals surface area contributed by atoms with E-state index in [2.05, 4.69) is 24.7 Å². The van der Waals surface area contributed by atoms with Crippen molar-refractivity contribution >= 4 is 13.8 Å². The van der Waals surface area contributed by atoms with E-state index in [1.165, 1.54) is 11.0 Å². The molecule has 2 aromatic rings. The Bertz CT molecular complexity index is 1020. The van der Waals surface area contributed by atoms with Gasteiger partial charge in [0.2, 0.25) is 0 Å². The van der Waals surface area contributed by atoms with Crippen molar-refractivity contribution in [3.05, 3.63) is 56.8 Å². The summed E-state index contributed by atoms with van der Waals surface area (Å²) >= 11 is 0. The molecule has 0 saturated heterocycles. The van der Waals surface area contributed by atoms with E-state index >= 15 is 0 Å². The zero-order valence-corrected chi connectivity index (χ0v) is 18.7. The zero-order chi connectivity index (χ0) is 23.0. The number of fused-ring (bicyclic) bond motifs is 1. The Balaban J connectivity index is 1.88. The highest BCUT2D eigenvalue weighted by Crippen LogP contribution is 2.37. The first kappa shape index (κ1) is 23.4. The molecular weight excluding hydrogens is 432 g/mol. The number of hydrogen-bond donors (Lipinski definition) is 1. The highest BCUT2D eigenvalue weighted by atomic mass is 28.3. The first-order chi connectivity index (χ1) is 14.4. The summed E-state index contributed by atoms with van der Waals surface area (Å²) in [5.41, 5.74) is 4.14. The Morgan fingerprint density at radius 1 is 1.19 bits per heavy atom. The van der Waals surface area contributed by atoms with Gasteiger partial charge in [-0.05, 0) is 29.3 Å². The molecule has 1 aliphatic heterocycles. The molecule has 1 aliphatic rings. The van der Waals surface area contributed by atoms with E-state index in [-0.39, 0.29) is 32.1 Å². The minimum absolute atomic E-state index is 0.0117. The molecule has 170 valence electrons. The van der Waals surface area contributed by atoms with Crippen LogP contribution in [0.15, 0.2) is 23.1 Å². The number of nitrogens with two attached hydrogens (primary N) is 1. The topological polar surface area (TPSA) is 73.4 Å². The highest BCUT2D eigenvalue weighted by Gasteiger charge is 2.40. The maximum absolute atomic E-state index is 14.0. The van der Waals surface area contributed by atoms with Gasteiger partial charge in [-0.15, -0.1) is 0 Å². The van der Waals surface area contributed by atoms with Gasteiger partial charge < -0.3 is 15.4 Å². The highest BCUT2D eigenvalue weighted by molar-refractivity contribution is 6.76. The monoisotopic (exact) mass is 458 g/mol. The van der Waals surface area contributed by atoms with Crippen molar-refractivity contribution < 1.29 is 22.3 Å². The molecule has 0 radical (unpaired) electrons. The number of aromatic nitrogens is 2. The average Bonchev–Trinajstić information content (AvgIpc) is 3.05. The van der Waals surface area contributed by atoms with Gasteiger partial charge in [0.05, 0.1) is 11.9 Å². The Kier molecular flexibility index (Phi) is 6.58. The number of benzene rings is 1. The van der Waals surface area contributed by atoms with E-state index in [0.717, 1.165) is 12.2 Å². The van der Waals surface area contributed by atoms with Crippen molar-refractivity contribution in [3.63, 3.8) is 0 Å². The largest absolute Gasteiger partial charge is 0.423 e. The second-order valence-corrected chi connectivity index (χ2v) is 14.4. The van der Waals surface area contributed by atoms with E-state index in [1.807, 2.05) is 0 Å². The third-order valence-corrected chi connectivity index (χ3v) is 6.87. The van der Waals surface area contributed by atoms with Crippen molar-refractivity contribution in [1.29, 1.82) is 0 Å². The molecule has 2 heterocycles. The van der Waals surface area contributed by atoms with Crippen LogP contribution in [-0.2, 0) is 37.3 Å². The number of alkyl halides is 3. The molecule has 0 fully saturated rings. The fourth-order valence-electron chi connectivity index (χ4n) is 3.41. The Hall–Kier alpha value is -2.24. The lowest BCUT2D eigenvalue weighted by Crippen LogP contribution is -2.34. The van der Waals surface area contributed by atoms with Crippen molar-refractivity contribution in [3.8, 4) is 0 Å². The molecule has 2 N–H and O–H groups in total. The molecule has 0 atom stereocenters. The van der Waals surface area contributed by atoms with E-state index in [4.69, 9.17) is 10.5 Å². The summed E-state index contributed by atoms with van der Waals surface area (Å²) in [6.45, 7) is 6.57. The van der Waals surface area contributed by atoms with Gasteiger partial charge in [-0.3, -0.25) is 4.79 Å². The zero-order valence-electron chi connectivity index (χ0n) is 17.7. The third kappa shape index (κ3) is 5.33. The molecule has 11 heteroatoms. The van der Waals surface area contributed by atoms with Crippen molar-refractivity contribution in [2.75, 3.05) is 11.5 Å². The summed E-state index contributed by atoms with van der Waals surface area (Å²) in [7, 11) is -1.37. The Morgan fingerprint density at radius 3 is 2.42 bits per heavy atom. The summed E-state index contributed by atoms with van der Waals surface area (Å²) in [6, 6.07) is 3.66. The maximum atomic E-state index is 14.0. The molecule has 6 nitrogen and oxygen atoms in total. The quantitative estimate of drug-likeness (QED) is 0.389. The van der Waals surface area contributed by atoms with Crippen LogP contribution in [0.3, 0.4) is 0 Å². The summed E-state index contributed by atoms with van der Waals surface area (Å²) in [6.07, 6.45) is -3.85. The molecule has 0 amide bonds. The average molecular weight is 459 g/mol. The van der Waals surface area contributed by atoms with Crippen LogP contribution in [0.2, 0.25) is 25.7 Å². The number of ether oxygens (including phenoxy) is 1. The maximum Gasteiger partial charge on any atom is 0.423 e. The lowest BCUT2D eigenvalue weighted by molar-refractivity contribution is -0.138. The molecule has 1 aromatic carbocycles. The van der Waals surface area contributed by atoms with Crippen LogP contribution in [0.5, 0.6) is 0 Å². The number of anilines is 1. The molecule has 0 saturated carbocycles. The minimum Gasteiger partial charge on any atom is -0.361 e. The van der Waals surface area contributed by atoms with Crippen LogP contribution in [0.4, 0.5) is 23.2 Å². The fourth-order valence-corrected chi connectivity index (χ4v) is 4.16. The second-order valence-electron chi connectivity index (χ2n) is 8.83.